The van der Waals surface area contributed by atoms with Crippen LogP contribution in [0.3, 0.4) is 0 Å². The third-order valence-corrected chi connectivity index (χ3v) is 5.02. The first kappa shape index (κ1) is 23.4. The van der Waals surface area contributed by atoms with Crippen molar-refractivity contribution in [2.45, 2.75) is 53.7 Å². The summed E-state index contributed by atoms with van der Waals surface area (Å²) in [5, 5.41) is 10.9. The van der Waals surface area contributed by atoms with Gasteiger partial charge in [-0.05, 0) is 35.6 Å². The van der Waals surface area contributed by atoms with Gasteiger partial charge in [0.15, 0.2) is 11.4 Å². The average molecular weight is 438 g/mol. The Kier molecular flexibility index (Phi) is 7.23. The fourth-order valence-corrected chi connectivity index (χ4v) is 3.53. The zero-order valence-electron chi connectivity index (χ0n) is 19.2. The SMILES string of the molecule is CCCCOc1c(C(=O)O)n(CC(C)(C)C)c(=O)c2ccc(OCc3ccccc3)cc12. The summed E-state index contributed by atoms with van der Waals surface area (Å²) in [6.45, 7) is 8.93. The Hall–Kier alpha value is -3.28. The molecule has 0 saturated carbocycles. The fraction of sp³-hybridized carbons (Fsp3) is 0.385. The first-order chi connectivity index (χ1) is 15.2. The van der Waals surface area contributed by atoms with Crippen LogP contribution in [0.1, 0.15) is 56.6 Å². The number of rotatable bonds is 9. The van der Waals surface area contributed by atoms with E-state index >= 15 is 0 Å². The molecule has 0 bridgehead atoms. The largest absolute Gasteiger partial charge is 0.490 e. The second-order valence-corrected chi connectivity index (χ2v) is 9.12. The molecule has 0 radical (unpaired) electrons. The van der Waals surface area contributed by atoms with E-state index in [-0.39, 0.29) is 29.0 Å². The molecule has 3 rings (SSSR count). The van der Waals surface area contributed by atoms with Crippen LogP contribution in [0.15, 0.2) is 53.3 Å². The zero-order valence-corrected chi connectivity index (χ0v) is 19.2. The summed E-state index contributed by atoms with van der Waals surface area (Å²) in [6, 6.07) is 14.9. The standard InChI is InChI=1S/C26H31NO5/c1-5-6-14-31-23-21-15-19(32-16-18-10-8-7-9-11-18)12-13-20(21)24(28)27(17-26(2,3)4)22(23)25(29)30/h7-13,15H,5-6,14,16-17H2,1-4H3,(H,29,30). The molecule has 32 heavy (non-hydrogen) atoms. The summed E-state index contributed by atoms with van der Waals surface area (Å²) < 4.78 is 13.2. The molecule has 0 aliphatic rings. The van der Waals surface area contributed by atoms with Crippen molar-refractivity contribution in [1.29, 1.82) is 0 Å². The minimum atomic E-state index is -1.18. The highest BCUT2D eigenvalue weighted by Gasteiger charge is 2.26. The zero-order chi connectivity index (χ0) is 23.3. The Morgan fingerprint density at radius 1 is 1.03 bits per heavy atom. The van der Waals surface area contributed by atoms with Crippen LogP contribution in [0.4, 0.5) is 0 Å². The highest BCUT2D eigenvalue weighted by Crippen LogP contribution is 2.33. The number of carboxylic acids is 1. The predicted octanol–water partition coefficient (Wildman–Crippen LogP) is 5.50. The number of nitrogens with zero attached hydrogens (tertiary/aromatic N) is 1. The van der Waals surface area contributed by atoms with Crippen molar-refractivity contribution < 1.29 is 19.4 Å². The Balaban J connectivity index is 2.14. The van der Waals surface area contributed by atoms with Gasteiger partial charge in [0.1, 0.15) is 12.4 Å². The summed E-state index contributed by atoms with van der Waals surface area (Å²) in [6.07, 6.45) is 1.69. The lowest BCUT2D eigenvalue weighted by atomic mass is 9.96. The number of aromatic carboxylic acids is 1. The van der Waals surface area contributed by atoms with E-state index in [1.54, 1.807) is 18.2 Å². The Morgan fingerprint density at radius 2 is 1.75 bits per heavy atom. The number of hydrogen-bond acceptors (Lipinski definition) is 4. The Bertz CT molecular complexity index is 1140. The molecule has 6 nitrogen and oxygen atoms in total. The molecular formula is C26H31NO5. The van der Waals surface area contributed by atoms with Crippen molar-refractivity contribution in [2.24, 2.45) is 5.41 Å². The van der Waals surface area contributed by atoms with Gasteiger partial charge in [0.25, 0.3) is 5.56 Å². The van der Waals surface area contributed by atoms with Gasteiger partial charge in [0.2, 0.25) is 0 Å². The van der Waals surface area contributed by atoms with Crippen LogP contribution in [-0.2, 0) is 13.2 Å². The van der Waals surface area contributed by atoms with Gasteiger partial charge in [-0.25, -0.2) is 4.79 Å². The quantitative estimate of drug-likeness (QED) is 0.447. The summed E-state index contributed by atoms with van der Waals surface area (Å²) in [4.78, 5) is 25.6. The molecule has 1 heterocycles. The van der Waals surface area contributed by atoms with Crippen molar-refractivity contribution in [3.63, 3.8) is 0 Å². The summed E-state index contributed by atoms with van der Waals surface area (Å²) in [5.74, 6) is -0.420. The minimum absolute atomic E-state index is 0.117. The summed E-state index contributed by atoms with van der Waals surface area (Å²) in [7, 11) is 0. The number of aromatic nitrogens is 1. The third kappa shape index (κ3) is 5.49. The molecule has 0 fully saturated rings. The molecule has 2 aromatic carbocycles. The van der Waals surface area contributed by atoms with Gasteiger partial charge in [0.05, 0.1) is 12.0 Å². The van der Waals surface area contributed by atoms with Crippen molar-refractivity contribution in [3.05, 3.63) is 70.1 Å². The third-order valence-electron chi connectivity index (χ3n) is 5.02. The summed E-state index contributed by atoms with van der Waals surface area (Å²) >= 11 is 0. The van der Waals surface area contributed by atoms with Gasteiger partial charge in [-0.2, -0.15) is 0 Å². The fourth-order valence-electron chi connectivity index (χ4n) is 3.53. The van der Waals surface area contributed by atoms with Gasteiger partial charge >= 0.3 is 5.97 Å². The van der Waals surface area contributed by atoms with E-state index in [4.69, 9.17) is 9.47 Å². The maximum Gasteiger partial charge on any atom is 0.356 e. The lowest BCUT2D eigenvalue weighted by molar-refractivity contribution is 0.0675. The van der Waals surface area contributed by atoms with Crippen LogP contribution in [0.2, 0.25) is 0 Å². The molecule has 1 aromatic heterocycles. The van der Waals surface area contributed by atoms with E-state index in [0.29, 0.717) is 29.7 Å². The first-order valence-electron chi connectivity index (χ1n) is 10.9. The second-order valence-electron chi connectivity index (χ2n) is 9.12. The highest BCUT2D eigenvalue weighted by molar-refractivity contribution is 5.99. The van der Waals surface area contributed by atoms with Crippen LogP contribution in [0.5, 0.6) is 11.5 Å². The maximum atomic E-state index is 13.3. The number of unbranched alkanes of at least 4 members (excludes halogenated alkanes) is 1. The van der Waals surface area contributed by atoms with Crippen molar-refractivity contribution in [1.82, 2.24) is 4.57 Å². The molecule has 0 unspecified atom stereocenters. The monoisotopic (exact) mass is 437 g/mol. The first-order valence-corrected chi connectivity index (χ1v) is 10.9. The smallest absolute Gasteiger partial charge is 0.356 e. The number of benzene rings is 2. The number of hydrogen-bond donors (Lipinski definition) is 1. The molecule has 170 valence electrons. The minimum Gasteiger partial charge on any atom is -0.490 e. The van der Waals surface area contributed by atoms with E-state index in [1.807, 2.05) is 58.0 Å². The number of pyridine rings is 1. The number of fused-ring (bicyclic) bond motifs is 1. The van der Waals surface area contributed by atoms with Crippen LogP contribution in [-0.4, -0.2) is 22.2 Å². The van der Waals surface area contributed by atoms with Crippen LogP contribution >= 0.6 is 0 Å². The average Bonchev–Trinajstić information content (AvgIpc) is 2.74. The van der Waals surface area contributed by atoms with E-state index in [1.165, 1.54) is 4.57 Å². The van der Waals surface area contributed by atoms with Crippen LogP contribution in [0.25, 0.3) is 10.8 Å². The molecule has 1 N–H and O–H groups in total. The van der Waals surface area contributed by atoms with Gasteiger partial charge in [0, 0.05) is 11.9 Å². The molecule has 3 aromatic rings. The van der Waals surface area contributed by atoms with Gasteiger partial charge in [-0.15, -0.1) is 0 Å². The molecule has 6 heteroatoms. The van der Waals surface area contributed by atoms with E-state index in [9.17, 15) is 14.7 Å². The number of carbonyl (C=O) groups is 1. The number of ether oxygens (including phenoxy) is 2. The van der Waals surface area contributed by atoms with Gasteiger partial charge in [-0.3, -0.25) is 9.36 Å². The van der Waals surface area contributed by atoms with E-state index in [0.717, 1.165) is 18.4 Å². The molecule has 0 amide bonds. The molecule has 0 saturated heterocycles. The van der Waals surface area contributed by atoms with Crippen molar-refractivity contribution >= 4 is 16.7 Å². The van der Waals surface area contributed by atoms with E-state index in [2.05, 4.69) is 0 Å². The van der Waals surface area contributed by atoms with Crippen LogP contribution in [0, 0.1) is 5.41 Å². The second kappa shape index (κ2) is 9.90. The highest BCUT2D eigenvalue weighted by atomic mass is 16.5. The maximum absolute atomic E-state index is 13.3. The lowest BCUT2D eigenvalue weighted by Gasteiger charge is -2.24. The molecular weight excluding hydrogens is 406 g/mol. The molecule has 0 aliphatic carbocycles. The predicted molar refractivity (Wildman–Crippen MR) is 126 cm³/mol. The summed E-state index contributed by atoms with van der Waals surface area (Å²) in [5.41, 5.74) is 0.263. The Labute approximate surface area is 188 Å². The lowest BCUT2D eigenvalue weighted by Crippen LogP contribution is -2.32. The van der Waals surface area contributed by atoms with Gasteiger partial charge < -0.3 is 14.6 Å². The Morgan fingerprint density at radius 3 is 2.38 bits per heavy atom. The molecule has 0 atom stereocenters. The topological polar surface area (TPSA) is 77.8 Å². The molecule has 0 spiro atoms. The van der Waals surface area contributed by atoms with Crippen molar-refractivity contribution in [3.8, 4) is 11.5 Å². The van der Waals surface area contributed by atoms with Crippen molar-refractivity contribution in [2.75, 3.05) is 6.61 Å². The van der Waals surface area contributed by atoms with E-state index < -0.39 is 5.97 Å². The normalized spacial score (nSPS) is 11.5. The number of carboxylic acid groups (broad SMARTS) is 1. The van der Waals surface area contributed by atoms with Crippen LogP contribution < -0.4 is 15.0 Å². The molecule has 0 aliphatic heterocycles. The van der Waals surface area contributed by atoms with Gasteiger partial charge in [-0.1, -0.05) is 64.4 Å².